The molecule has 0 spiro atoms. The first-order chi connectivity index (χ1) is 4.00. The quantitative estimate of drug-likeness (QED) is 0.369. The highest BCUT2D eigenvalue weighted by Gasteiger charge is 1.95. The Morgan fingerprint density at radius 2 is 1.12 bits per heavy atom. The summed E-state index contributed by atoms with van der Waals surface area (Å²) in [6, 6.07) is 0. The molecular weight excluding hydrogens is 172 g/mol. The third-order valence-corrected chi connectivity index (χ3v) is 7.35. The van der Waals surface area contributed by atoms with Gasteiger partial charge < -0.3 is 17.5 Å². The molecular formula is H10N2O2Si4. The number of nitrogens with one attached hydrogen (secondary N) is 2. The van der Waals surface area contributed by atoms with Crippen molar-refractivity contribution in [2.75, 3.05) is 0 Å². The molecule has 0 aromatic heterocycles. The van der Waals surface area contributed by atoms with E-state index in [4.69, 9.17) is 8.23 Å². The van der Waals surface area contributed by atoms with Gasteiger partial charge in [-0.1, -0.05) is 0 Å². The van der Waals surface area contributed by atoms with Gasteiger partial charge in [0.1, 0.15) is 0 Å². The lowest BCUT2D eigenvalue weighted by Gasteiger charge is -2.11. The van der Waals surface area contributed by atoms with Crippen LogP contribution in [-0.4, -0.2) is 39.7 Å². The lowest BCUT2D eigenvalue weighted by Crippen LogP contribution is -2.41. The van der Waals surface area contributed by atoms with Crippen molar-refractivity contribution in [1.82, 2.24) is 9.30 Å². The van der Waals surface area contributed by atoms with Gasteiger partial charge in [-0.05, 0) is 0 Å². The van der Waals surface area contributed by atoms with Crippen molar-refractivity contribution in [2.24, 2.45) is 0 Å². The summed E-state index contributed by atoms with van der Waals surface area (Å²) in [6.45, 7) is 0. The summed E-state index contributed by atoms with van der Waals surface area (Å²) < 4.78 is 17.1. The summed E-state index contributed by atoms with van der Waals surface area (Å²) in [5, 5.41) is 0. The molecule has 0 amide bonds. The highest BCUT2D eigenvalue weighted by Crippen LogP contribution is 1.65. The van der Waals surface area contributed by atoms with E-state index < -0.39 is 0 Å². The van der Waals surface area contributed by atoms with Gasteiger partial charge in [-0.2, -0.15) is 0 Å². The summed E-state index contributed by atoms with van der Waals surface area (Å²) in [6.07, 6.45) is 0. The molecule has 0 unspecified atom stereocenters. The monoisotopic (exact) mass is 182 g/mol. The zero-order chi connectivity index (χ0) is 5.66. The third-order valence-electron chi connectivity index (χ3n) is 0.816. The van der Waals surface area contributed by atoms with Crippen LogP contribution in [0.1, 0.15) is 0 Å². The summed E-state index contributed by atoms with van der Waals surface area (Å²) in [5.41, 5.74) is 0. The van der Waals surface area contributed by atoms with Gasteiger partial charge in [0.25, 0.3) is 0 Å². The molecule has 1 saturated heterocycles. The first-order valence-electron chi connectivity index (χ1n) is 2.57. The summed E-state index contributed by atoms with van der Waals surface area (Å²) in [4.78, 5) is 0. The number of hydrogen-bond acceptors (Lipinski definition) is 4. The molecule has 0 saturated carbocycles. The Morgan fingerprint density at radius 1 is 0.750 bits per heavy atom. The predicted octanol–water partition coefficient (Wildman–Crippen LogP) is -4.79. The highest BCUT2D eigenvalue weighted by molar-refractivity contribution is 6.58. The molecule has 0 aliphatic carbocycles. The Kier molecular flexibility index (Phi) is 3.90. The van der Waals surface area contributed by atoms with Gasteiger partial charge in [0.15, 0.2) is 0 Å². The first-order valence-corrected chi connectivity index (χ1v) is 7.71. The van der Waals surface area contributed by atoms with Crippen LogP contribution in [0.4, 0.5) is 0 Å². The maximum atomic E-state index is 5.32. The molecule has 1 rings (SSSR count). The van der Waals surface area contributed by atoms with Gasteiger partial charge in [0.05, 0.1) is 0 Å². The van der Waals surface area contributed by atoms with Crippen molar-refractivity contribution in [3.8, 4) is 0 Å². The molecule has 0 bridgehead atoms. The molecule has 1 aliphatic heterocycles. The minimum atomic E-state index is -0.340. The predicted molar refractivity (Wildman–Crippen MR) is 42.6 cm³/mol. The second-order valence-electron chi connectivity index (χ2n) is 1.49. The van der Waals surface area contributed by atoms with E-state index >= 15 is 0 Å². The molecule has 8 heteroatoms. The molecule has 0 radical (unpaired) electrons. The number of rotatable bonds is 0. The van der Waals surface area contributed by atoms with Crippen LogP contribution in [-0.2, 0) is 8.23 Å². The SMILES string of the molecule is N1[SiH2]O[SiH2]N[SiH2]O[SiH2]1. The summed E-state index contributed by atoms with van der Waals surface area (Å²) >= 11 is 0. The van der Waals surface area contributed by atoms with Crippen LogP contribution in [0.15, 0.2) is 0 Å². The molecule has 0 atom stereocenters. The van der Waals surface area contributed by atoms with Crippen molar-refractivity contribution < 1.29 is 8.23 Å². The molecule has 2 N–H and O–H groups in total. The molecule has 1 heterocycles. The van der Waals surface area contributed by atoms with E-state index in [1.54, 1.807) is 0 Å². The number of hydrogen-bond donors (Lipinski definition) is 2. The van der Waals surface area contributed by atoms with Gasteiger partial charge in [-0.15, -0.1) is 0 Å². The molecule has 8 heavy (non-hydrogen) atoms. The van der Waals surface area contributed by atoms with Gasteiger partial charge >= 0.3 is 0 Å². The highest BCUT2D eigenvalue weighted by atomic mass is 28.4. The Hall–Kier alpha value is 0.708. The van der Waals surface area contributed by atoms with Crippen LogP contribution >= 0.6 is 0 Å². The lowest BCUT2D eigenvalue weighted by atomic mass is 13.9. The smallest absolute Gasteiger partial charge is 0.219 e. The van der Waals surface area contributed by atoms with Gasteiger partial charge in [-0.25, -0.2) is 0 Å². The van der Waals surface area contributed by atoms with E-state index in [0.29, 0.717) is 0 Å². The zero-order valence-electron chi connectivity index (χ0n) is 4.64. The Bertz CT molecular complexity index is 36.0. The fourth-order valence-electron chi connectivity index (χ4n) is 0.474. The van der Waals surface area contributed by atoms with Gasteiger partial charge in [0, 0.05) is 0 Å². The maximum Gasteiger partial charge on any atom is 0.219 e. The summed E-state index contributed by atoms with van der Waals surface area (Å²) in [7, 11) is -1.36. The van der Waals surface area contributed by atoms with E-state index in [0.717, 1.165) is 0 Å². The molecule has 0 aromatic carbocycles. The second kappa shape index (κ2) is 4.57. The van der Waals surface area contributed by atoms with Crippen molar-refractivity contribution in [3.05, 3.63) is 0 Å². The van der Waals surface area contributed by atoms with E-state index in [9.17, 15) is 0 Å². The van der Waals surface area contributed by atoms with E-state index in [1.165, 1.54) is 0 Å². The Balaban J connectivity index is 2.00. The zero-order valence-corrected chi connectivity index (χ0v) is 10.3. The van der Waals surface area contributed by atoms with Crippen LogP contribution in [0, 0.1) is 0 Å². The van der Waals surface area contributed by atoms with Crippen molar-refractivity contribution in [3.63, 3.8) is 0 Å². The average molecular weight is 182 g/mol. The van der Waals surface area contributed by atoms with E-state index in [1.807, 2.05) is 0 Å². The normalized spacial score (nSPS) is 36.0. The standard InChI is InChI=1S/H10N2O2Si4/c1-5-3-7-2-8-4-6-1/h1-2H,5-8H2. The maximum absolute atomic E-state index is 5.32. The molecule has 4 nitrogen and oxygen atoms in total. The fraction of sp³-hybridized carbons (Fsp3) is 0. The van der Waals surface area contributed by atoms with Gasteiger partial charge in [0.2, 0.25) is 39.7 Å². The van der Waals surface area contributed by atoms with Crippen molar-refractivity contribution in [1.29, 1.82) is 0 Å². The average Bonchev–Trinajstić information content (AvgIpc) is 1.62. The molecule has 1 fully saturated rings. The third kappa shape index (κ3) is 2.88. The van der Waals surface area contributed by atoms with Crippen molar-refractivity contribution in [2.45, 2.75) is 0 Å². The molecule has 48 valence electrons. The minimum absolute atomic E-state index is 0.340. The summed E-state index contributed by atoms with van der Waals surface area (Å²) in [5.74, 6) is 0. The molecule has 0 aromatic rings. The lowest BCUT2D eigenvalue weighted by molar-refractivity contribution is 0.577. The van der Waals surface area contributed by atoms with Crippen molar-refractivity contribution >= 4 is 39.7 Å². The first kappa shape index (κ1) is 6.82. The van der Waals surface area contributed by atoms with Gasteiger partial charge in [-0.3, -0.25) is 0 Å². The topological polar surface area (TPSA) is 42.5 Å². The van der Waals surface area contributed by atoms with Crippen LogP contribution in [0.25, 0.3) is 0 Å². The van der Waals surface area contributed by atoms with Crippen LogP contribution < -0.4 is 9.30 Å². The minimum Gasteiger partial charge on any atom is -0.442 e. The second-order valence-corrected chi connectivity index (χ2v) is 9.91. The van der Waals surface area contributed by atoms with Crippen LogP contribution in [0.5, 0.6) is 0 Å². The molecule has 1 aliphatic rings. The van der Waals surface area contributed by atoms with E-state index in [2.05, 4.69) is 9.30 Å². The van der Waals surface area contributed by atoms with Crippen LogP contribution in [0.3, 0.4) is 0 Å². The largest absolute Gasteiger partial charge is 0.442 e. The Morgan fingerprint density at radius 3 is 1.50 bits per heavy atom. The Labute approximate surface area is 57.8 Å². The van der Waals surface area contributed by atoms with Crippen LogP contribution in [0.2, 0.25) is 0 Å². The van der Waals surface area contributed by atoms with E-state index in [-0.39, 0.29) is 39.7 Å². The fourth-order valence-corrected chi connectivity index (χ4v) is 9.46.